The third kappa shape index (κ3) is 3.14. The minimum Gasteiger partial charge on any atom is -0.348 e. The number of nitrogens with one attached hydrogen (secondary N) is 2. The third-order valence-corrected chi connectivity index (χ3v) is 2.79. The van der Waals surface area contributed by atoms with Crippen LogP contribution >= 0.6 is 0 Å². The smallest absolute Gasteiger partial charge is 0.0925 e. The second-order valence-electron chi connectivity index (χ2n) is 4.60. The molecule has 0 bridgehead atoms. The third-order valence-electron chi connectivity index (χ3n) is 2.79. The van der Waals surface area contributed by atoms with Gasteiger partial charge in [0, 0.05) is 18.8 Å². The van der Waals surface area contributed by atoms with Crippen molar-refractivity contribution in [3.8, 4) is 0 Å². The lowest BCUT2D eigenvalue weighted by Crippen LogP contribution is -2.28. The summed E-state index contributed by atoms with van der Waals surface area (Å²) in [5.74, 6) is 0. The number of H-pyrrole nitrogens is 1. The fourth-order valence-corrected chi connectivity index (χ4v) is 1.21. The fraction of sp³-hybridized carbons (Fsp3) is 0.727. The van der Waals surface area contributed by atoms with E-state index in [2.05, 4.69) is 43.0 Å². The van der Waals surface area contributed by atoms with Crippen LogP contribution in [-0.4, -0.2) is 16.5 Å². The Kier molecular flexibility index (Phi) is 3.69. The normalized spacial score (nSPS) is 12.0. The summed E-state index contributed by atoms with van der Waals surface area (Å²) >= 11 is 0. The number of hydrogen-bond donors (Lipinski definition) is 2. The van der Waals surface area contributed by atoms with Crippen molar-refractivity contribution in [3.05, 3.63) is 17.7 Å². The fourth-order valence-electron chi connectivity index (χ4n) is 1.21. The average Bonchev–Trinajstić information content (AvgIpc) is 2.52. The Labute approximate surface area is 86.3 Å². The zero-order valence-electron chi connectivity index (χ0n) is 9.65. The van der Waals surface area contributed by atoms with Crippen LogP contribution in [0.3, 0.4) is 0 Å². The van der Waals surface area contributed by atoms with Crippen LogP contribution in [0.5, 0.6) is 0 Å². The van der Waals surface area contributed by atoms with E-state index in [-0.39, 0.29) is 0 Å². The van der Waals surface area contributed by atoms with E-state index in [0.717, 1.165) is 24.5 Å². The van der Waals surface area contributed by atoms with Gasteiger partial charge in [-0.1, -0.05) is 20.8 Å². The molecule has 0 aromatic carbocycles. The van der Waals surface area contributed by atoms with Crippen LogP contribution in [-0.2, 0) is 6.54 Å². The van der Waals surface area contributed by atoms with Crippen molar-refractivity contribution in [2.45, 2.75) is 40.7 Å². The van der Waals surface area contributed by atoms with Crippen LogP contribution in [0.2, 0.25) is 0 Å². The molecule has 1 aromatic rings. The summed E-state index contributed by atoms with van der Waals surface area (Å²) in [6.45, 7) is 10.7. The van der Waals surface area contributed by atoms with Crippen molar-refractivity contribution in [2.75, 3.05) is 6.54 Å². The quantitative estimate of drug-likeness (QED) is 0.756. The van der Waals surface area contributed by atoms with Gasteiger partial charge >= 0.3 is 0 Å². The molecule has 0 aliphatic heterocycles. The minimum absolute atomic E-state index is 0.379. The van der Waals surface area contributed by atoms with Crippen LogP contribution in [0.1, 0.15) is 38.6 Å². The number of aromatic nitrogens is 2. The lowest BCUT2D eigenvalue weighted by atomic mass is 9.90. The summed E-state index contributed by atoms with van der Waals surface area (Å²) in [6, 6.07) is 0. The Morgan fingerprint density at radius 1 is 1.50 bits per heavy atom. The van der Waals surface area contributed by atoms with Crippen molar-refractivity contribution < 1.29 is 0 Å². The van der Waals surface area contributed by atoms with Gasteiger partial charge in [0.15, 0.2) is 0 Å². The maximum atomic E-state index is 4.24. The van der Waals surface area contributed by atoms with Crippen LogP contribution in [0, 0.1) is 12.3 Å². The van der Waals surface area contributed by atoms with Crippen molar-refractivity contribution in [1.82, 2.24) is 15.3 Å². The Hall–Kier alpha value is -0.830. The molecular weight excluding hydrogens is 174 g/mol. The molecular formula is C11H21N3. The molecule has 0 fully saturated rings. The van der Waals surface area contributed by atoms with E-state index in [4.69, 9.17) is 0 Å². The highest BCUT2D eigenvalue weighted by atomic mass is 14.9. The molecule has 0 amide bonds. The second kappa shape index (κ2) is 4.60. The van der Waals surface area contributed by atoms with Crippen LogP contribution < -0.4 is 5.32 Å². The van der Waals surface area contributed by atoms with Crippen LogP contribution in [0.4, 0.5) is 0 Å². The molecule has 0 aliphatic carbocycles. The van der Waals surface area contributed by atoms with E-state index in [1.807, 2.05) is 0 Å². The SMILES string of the molecule is CCC(C)(C)CNCc1nc[nH]c1C. The van der Waals surface area contributed by atoms with E-state index < -0.39 is 0 Å². The molecule has 14 heavy (non-hydrogen) atoms. The number of imidazole rings is 1. The molecule has 0 radical (unpaired) electrons. The van der Waals surface area contributed by atoms with Gasteiger partial charge in [0.05, 0.1) is 12.0 Å². The number of aromatic amines is 1. The largest absolute Gasteiger partial charge is 0.348 e. The highest BCUT2D eigenvalue weighted by molar-refractivity contribution is 5.07. The first kappa shape index (κ1) is 11.2. The monoisotopic (exact) mass is 195 g/mol. The highest BCUT2D eigenvalue weighted by Gasteiger charge is 2.14. The van der Waals surface area contributed by atoms with Crippen molar-refractivity contribution in [1.29, 1.82) is 0 Å². The number of hydrogen-bond acceptors (Lipinski definition) is 2. The molecule has 0 saturated carbocycles. The second-order valence-corrected chi connectivity index (χ2v) is 4.60. The van der Waals surface area contributed by atoms with E-state index in [0.29, 0.717) is 5.41 Å². The standard InChI is InChI=1S/C11H21N3/c1-5-11(3,4)7-12-6-10-9(2)13-8-14-10/h8,12H,5-7H2,1-4H3,(H,13,14). The number of nitrogens with zero attached hydrogens (tertiary/aromatic N) is 1. The van der Waals surface area contributed by atoms with E-state index in [9.17, 15) is 0 Å². The van der Waals surface area contributed by atoms with Gasteiger partial charge in [-0.05, 0) is 18.8 Å². The summed E-state index contributed by atoms with van der Waals surface area (Å²) in [6.07, 6.45) is 2.94. The Balaban J connectivity index is 2.32. The Bertz CT molecular complexity index is 276. The molecule has 3 nitrogen and oxygen atoms in total. The average molecular weight is 195 g/mol. The highest BCUT2D eigenvalue weighted by Crippen LogP contribution is 2.17. The molecule has 80 valence electrons. The van der Waals surface area contributed by atoms with Crippen LogP contribution in [0.25, 0.3) is 0 Å². The van der Waals surface area contributed by atoms with E-state index in [1.165, 1.54) is 6.42 Å². The number of aryl methyl sites for hydroxylation is 1. The molecule has 2 N–H and O–H groups in total. The summed E-state index contributed by atoms with van der Waals surface area (Å²) in [5, 5.41) is 3.44. The topological polar surface area (TPSA) is 40.7 Å². The summed E-state index contributed by atoms with van der Waals surface area (Å²) in [4.78, 5) is 7.32. The first-order valence-electron chi connectivity index (χ1n) is 5.25. The van der Waals surface area contributed by atoms with Crippen molar-refractivity contribution in [3.63, 3.8) is 0 Å². The molecule has 0 spiro atoms. The predicted octanol–water partition coefficient (Wildman–Crippen LogP) is 2.24. The molecule has 1 rings (SSSR count). The maximum Gasteiger partial charge on any atom is 0.0925 e. The summed E-state index contributed by atoms with van der Waals surface area (Å²) in [7, 11) is 0. The van der Waals surface area contributed by atoms with Crippen molar-refractivity contribution >= 4 is 0 Å². The van der Waals surface area contributed by atoms with E-state index in [1.54, 1.807) is 6.33 Å². The van der Waals surface area contributed by atoms with Gasteiger partial charge in [-0.3, -0.25) is 0 Å². The van der Waals surface area contributed by atoms with Gasteiger partial charge in [0.2, 0.25) is 0 Å². The first-order chi connectivity index (χ1) is 6.55. The molecule has 0 saturated heterocycles. The predicted molar refractivity (Wildman–Crippen MR) is 59.1 cm³/mol. The van der Waals surface area contributed by atoms with Gasteiger partial charge in [0.1, 0.15) is 0 Å². The zero-order chi connectivity index (χ0) is 10.6. The Morgan fingerprint density at radius 3 is 2.71 bits per heavy atom. The van der Waals surface area contributed by atoms with Gasteiger partial charge in [-0.25, -0.2) is 4.98 Å². The molecule has 1 heterocycles. The molecule has 3 heteroatoms. The summed E-state index contributed by atoms with van der Waals surface area (Å²) in [5.41, 5.74) is 2.66. The van der Waals surface area contributed by atoms with Gasteiger partial charge in [-0.2, -0.15) is 0 Å². The summed E-state index contributed by atoms with van der Waals surface area (Å²) < 4.78 is 0. The van der Waals surface area contributed by atoms with Gasteiger partial charge in [0.25, 0.3) is 0 Å². The zero-order valence-corrected chi connectivity index (χ0v) is 9.65. The Morgan fingerprint density at radius 2 is 2.21 bits per heavy atom. The maximum absolute atomic E-state index is 4.24. The first-order valence-corrected chi connectivity index (χ1v) is 5.25. The molecule has 1 aromatic heterocycles. The van der Waals surface area contributed by atoms with Crippen molar-refractivity contribution in [2.24, 2.45) is 5.41 Å². The van der Waals surface area contributed by atoms with Crippen LogP contribution in [0.15, 0.2) is 6.33 Å². The molecule has 0 aliphatic rings. The lowest BCUT2D eigenvalue weighted by Gasteiger charge is -2.22. The van der Waals surface area contributed by atoms with E-state index >= 15 is 0 Å². The minimum atomic E-state index is 0.379. The molecule has 0 atom stereocenters. The van der Waals surface area contributed by atoms with Gasteiger partial charge < -0.3 is 10.3 Å². The number of rotatable bonds is 5. The van der Waals surface area contributed by atoms with Gasteiger partial charge in [-0.15, -0.1) is 0 Å². The molecule has 0 unspecified atom stereocenters. The lowest BCUT2D eigenvalue weighted by molar-refractivity contribution is 0.327.